The fourth-order valence-electron chi connectivity index (χ4n) is 10.5. The second-order valence-electron chi connectivity index (χ2n) is 18.3. The highest BCUT2D eigenvalue weighted by atomic mass is 16.5. The second kappa shape index (κ2) is 18.4. The molecule has 2 aliphatic heterocycles. The Morgan fingerprint density at radius 3 is 1.52 bits per heavy atom. The molecule has 0 spiro atoms. The number of benzene rings is 2. The molecule has 4 amide bonds. The molecule has 330 valence electrons. The van der Waals surface area contributed by atoms with Gasteiger partial charge in [-0.1, -0.05) is 64.1 Å². The van der Waals surface area contributed by atoms with E-state index < -0.39 is 24.3 Å². The van der Waals surface area contributed by atoms with Gasteiger partial charge in [-0.2, -0.15) is 0 Å². The minimum absolute atomic E-state index is 0.106. The maximum atomic E-state index is 14.0. The third kappa shape index (κ3) is 8.44. The van der Waals surface area contributed by atoms with Crippen molar-refractivity contribution in [3.8, 4) is 33.6 Å². The summed E-state index contributed by atoms with van der Waals surface area (Å²) in [7, 11) is 2.62. The van der Waals surface area contributed by atoms with Crippen LogP contribution in [0.15, 0.2) is 48.8 Å². The fraction of sp³-hybridized carbons (Fsp3) is 0.542. The summed E-state index contributed by atoms with van der Waals surface area (Å²) in [6.45, 7) is 8.92. The molecule has 14 heteroatoms. The number of methoxy groups -OCH3 is 2. The Labute approximate surface area is 364 Å². The van der Waals surface area contributed by atoms with Crippen LogP contribution in [-0.4, -0.2) is 93.1 Å². The van der Waals surface area contributed by atoms with E-state index in [0.29, 0.717) is 24.9 Å². The molecular formula is C48H62N8O6. The molecule has 3 aliphatic carbocycles. The highest BCUT2D eigenvalue weighted by Crippen LogP contribution is 2.55. The van der Waals surface area contributed by atoms with Gasteiger partial charge in [0.15, 0.2) is 0 Å². The van der Waals surface area contributed by atoms with E-state index in [2.05, 4.69) is 57.0 Å². The van der Waals surface area contributed by atoms with Crippen molar-refractivity contribution in [2.75, 3.05) is 27.3 Å². The molecule has 2 saturated heterocycles. The zero-order valence-corrected chi connectivity index (χ0v) is 37.0. The molecule has 4 aromatic rings. The maximum absolute atomic E-state index is 14.0. The van der Waals surface area contributed by atoms with E-state index >= 15 is 0 Å². The number of aromatic amines is 2. The van der Waals surface area contributed by atoms with Gasteiger partial charge in [0.1, 0.15) is 23.7 Å². The molecule has 9 rings (SSSR count). The lowest BCUT2D eigenvalue weighted by Crippen LogP contribution is -2.53. The number of carbonyl (C=O) groups is 4. The summed E-state index contributed by atoms with van der Waals surface area (Å²) in [5, 5.41) is 5.51. The summed E-state index contributed by atoms with van der Waals surface area (Å²) < 4.78 is 9.66. The Morgan fingerprint density at radius 1 is 0.597 bits per heavy atom. The summed E-state index contributed by atoms with van der Waals surface area (Å²) in [5.41, 5.74) is 9.39. The first-order chi connectivity index (χ1) is 30.0. The average Bonchev–Trinajstić information content (AvgIpc) is 4.01. The van der Waals surface area contributed by atoms with E-state index in [1.165, 1.54) is 67.7 Å². The minimum Gasteiger partial charge on any atom is -0.453 e. The molecule has 2 bridgehead atoms. The van der Waals surface area contributed by atoms with E-state index in [-0.39, 0.29) is 35.7 Å². The smallest absolute Gasteiger partial charge is 0.407 e. The predicted molar refractivity (Wildman–Crippen MR) is 236 cm³/mol. The van der Waals surface area contributed by atoms with Crippen LogP contribution in [0.25, 0.3) is 33.6 Å². The average molecular weight is 847 g/mol. The number of H-pyrrole nitrogens is 2. The van der Waals surface area contributed by atoms with Crippen molar-refractivity contribution in [1.82, 2.24) is 40.4 Å². The van der Waals surface area contributed by atoms with Gasteiger partial charge in [0.25, 0.3) is 0 Å². The van der Waals surface area contributed by atoms with Gasteiger partial charge in [0.2, 0.25) is 11.8 Å². The molecule has 14 nitrogen and oxygen atoms in total. The van der Waals surface area contributed by atoms with Crippen LogP contribution in [0.1, 0.15) is 139 Å². The fourth-order valence-corrected chi connectivity index (χ4v) is 10.5. The lowest BCUT2D eigenvalue weighted by Gasteiger charge is -2.41. The molecule has 62 heavy (non-hydrogen) atoms. The number of alkyl carbamates (subject to hydrolysis) is 2. The van der Waals surface area contributed by atoms with Gasteiger partial charge in [-0.25, -0.2) is 19.6 Å². The molecule has 2 aromatic heterocycles. The van der Waals surface area contributed by atoms with Crippen LogP contribution in [-0.2, 0) is 19.1 Å². The number of hydrogen-bond acceptors (Lipinski definition) is 8. The normalized spacial score (nSPS) is 21.9. The number of nitrogens with zero attached hydrogens (tertiary/aromatic N) is 4. The predicted octanol–water partition coefficient (Wildman–Crippen LogP) is 8.76. The van der Waals surface area contributed by atoms with Gasteiger partial charge in [0.05, 0.1) is 50.1 Å². The van der Waals surface area contributed by atoms with Crippen molar-refractivity contribution in [3.63, 3.8) is 0 Å². The Balaban J connectivity index is 1.04. The molecule has 4 heterocycles. The van der Waals surface area contributed by atoms with E-state index in [0.717, 1.165) is 67.1 Å². The van der Waals surface area contributed by atoms with Gasteiger partial charge < -0.3 is 39.9 Å². The first kappa shape index (κ1) is 43.0. The first-order valence-electron chi connectivity index (χ1n) is 22.6. The van der Waals surface area contributed by atoms with Crippen molar-refractivity contribution >= 4 is 24.0 Å². The molecule has 0 radical (unpaired) electrons. The number of piperidine rings is 2. The number of carbonyl (C=O) groups excluding carboxylic acids is 4. The SMILES string of the molecule is COC(=O)N[C@H](C(=O)N1CCCC[C@H]1c1ncc(-c2ccc(-c3ccc(-c4cnc([C@@H]5CCCCN5C(=O)[C@@H](NC(=O)OC)C(C)C)[nH]4)c4c3C3CCC4CC3)cc2)[nH]1)C(C)C. The Kier molecular flexibility index (Phi) is 12.7. The molecule has 2 aromatic carbocycles. The molecule has 4 N–H and O–H groups in total. The van der Waals surface area contributed by atoms with Crippen LogP contribution in [0.5, 0.6) is 0 Å². The number of nitrogens with one attached hydrogen (secondary N) is 4. The van der Waals surface area contributed by atoms with E-state index in [1.54, 1.807) is 0 Å². The molecule has 0 unspecified atom stereocenters. The number of fused-ring (bicyclic) bond motifs is 2. The number of aromatic nitrogens is 4. The lowest BCUT2D eigenvalue weighted by molar-refractivity contribution is -0.139. The largest absolute Gasteiger partial charge is 0.453 e. The minimum atomic E-state index is -0.691. The summed E-state index contributed by atoms with van der Waals surface area (Å²) in [6.07, 6.45) is 12.7. The van der Waals surface area contributed by atoms with Crippen LogP contribution >= 0.6 is 0 Å². The molecular weight excluding hydrogens is 785 g/mol. The maximum Gasteiger partial charge on any atom is 0.407 e. The van der Waals surface area contributed by atoms with Gasteiger partial charge in [0, 0.05) is 18.7 Å². The highest BCUT2D eigenvalue weighted by Gasteiger charge is 2.40. The van der Waals surface area contributed by atoms with Gasteiger partial charge in [-0.05, 0) is 116 Å². The number of hydrogen-bond donors (Lipinski definition) is 4. The quantitative estimate of drug-likeness (QED) is 0.116. The van der Waals surface area contributed by atoms with Gasteiger partial charge in [-0.3, -0.25) is 9.59 Å². The van der Waals surface area contributed by atoms with Crippen molar-refractivity contribution in [1.29, 1.82) is 0 Å². The van der Waals surface area contributed by atoms with Crippen molar-refractivity contribution in [2.24, 2.45) is 11.8 Å². The van der Waals surface area contributed by atoms with Crippen LogP contribution in [0, 0.1) is 11.8 Å². The number of amides is 4. The molecule has 1 saturated carbocycles. The van der Waals surface area contributed by atoms with E-state index in [9.17, 15) is 19.2 Å². The van der Waals surface area contributed by atoms with Crippen molar-refractivity contribution in [2.45, 2.75) is 128 Å². The topological polar surface area (TPSA) is 175 Å². The van der Waals surface area contributed by atoms with Crippen LogP contribution in [0.2, 0.25) is 0 Å². The Hall–Kier alpha value is -5.66. The first-order valence-corrected chi connectivity index (χ1v) is 22.6. The lowest BCUT2D eigenvalue weighted by atomic mass is 9.64. The molecule has 5 aliphatic rings. The number of rotatable bonds is 11. The molecule has 4 atom stereocenters. The van der Waals surface area contributed by atoms with Crippen molar-refractivity contribution < 1.29 is 28.7 Å². The Morgan fingerprint density at radius 2 is 1.03 bits per heavy atom. The summed E-state index contributed by atoms with van der Waals surface area (Å²) in [5.74, 6) is 2.05. The van der Waals surface area contributed by atoms with Crippen LogP contribution in [0.3, 0.4) is 0 Å². The highest BCUT2D eigenvalue weighted by molar-refractivity contribution is 5.87. The third-order valence-corrected chi connectivity index (χ3v) is 13.8. The number of likely N-dealkylation sites (tertiary alicyclic amines) is 2. The molecule has 3 fully saturated rings. The number of imidazole rings is 2. The third-order valence-electron chi connectivity index (χ3n) is 13.8. The second-order valence-corrected chi connectivity index (χ2v) is 18.3. The summed E-state index contributed by atoms with van der Waals surface area (Å²) in [6, 6.07) is 11.4. The van der Waals surface area contributed by atoms with E-state index in [4.69, 9.17) is 19.4 Å². The monoisotopic (exact) mass is 846 g/mol. The number of ether oxygens (including phenoxy) is 2. The standard InChI is InChI=1S/C48H62N8O6/c1-27(2)41(53-47(59)61-5)45(57)55-23-9-7-11-37(55)43-49-25-35(51-43)30-15-13-29(14-16-30)33-21-22-34(40-32-19-17-31(18-20-32)39(33)40)36-26-50-44(52-36)38-12-8-10-24-56(38)46(58)42(28(3)4)54-48(60)62-6/h13-16,21-22,25-28,31-32,37-38,41-42H,7-12,17-20,23-24H2,1-6H3,(H,49,51)(H,50,52)(H,53,59)(H,54,60)/t31?,32?,37-,38-,41-,42-/m0/s1. The van der Waals surface area contributed by atoms with Crippen LogP contribution < -0.4 is 10.6 Å². The summed E-state index contributed by atoms with van der Waals surface area (Å²) in [4.78, 5) is 72.8. The van der Waals surface area contributed by atoms with Crippen molar-refractivity contribution in [3.05, 3.63) is 71.6 Å². The van der Waals surface area contributed by atoms with Gasteiger partial charge >= 0.3 is 12.2 Å². The van der Waals surface area contributed by atoms with E-state index in [1.807, 2.05) is 49.9 Å². The zero-order valence-electron chi connectivity index (χ0n) is 37.0. The Bertz CT molecular complexity index is 2260. The van der Waals surface area contributed by atoms with Gasteiger partial charge in [-0.15, -0.1) is 0 Å². The van der Waals surface area contributed by atoms with Crippen LogP contribution in [0.4, 0.5) is 9.59 Å². The zero-order chi connectivity index (χ0) is 43.7. The summed E-state index contributed by atoms with van der Waals surface area (Å²) >= 11 is 0.